The number of benzene rings is 2. The zero-order chi connectivity index (χ0) is 20.9. The van der Waals surface area contributed by atoms with Crippen molar-refractivity contribution in [1.29, 1.82) is 0 Å². The monoisotopic (exact) mass is 404 g/mol. The van der Waals surface area contributed by atoms with Crippen LogP contribution in [-0.4, -0.2) is 27.6 Å². The summed E-state index contributed by atoms with van der Waals surface area (Å²) in [5, 5.41) is 6.90. The van der Waals surface area contributed by atoms with Crippen molar-refractivity contribution in [2.75, 3.05) is 6.54 Å². The molecule has 4 rings (SSSR count). The summed E-state index contributed by atoms with van der Waals surface area (Å²) < 4.78 is 11.1. The fourth-order valence-electron chi connectivity index (χ4n) is 3.31. The fourth-order valence-corrected chi connectivity index (χ4v) is 3.31. The Labute approximate surface area is 174 Å². The molecule has 2 aromatic carbocycles. The third kappa shape index (κ3) is 4.35. The number of aromatic amines is 1. The topological polar surface area (TPSA) is 93.0 Å². The van der Waals surface area contributed by atoms with Crippen LogP contribution in [0.4, 0.5) is 0 Å². The predicted molar refractivity (Wildman–Crippen MR) is 113 cm³/mol. The zero-order valence-corrected chi connectivity index (χ0v) is 17.1. The number of aromatic nitrogens is 3. The molecule has 0 aliphatic carbocycles. The van der Waals surface area contributed by atoms with Crippen molar-refractivity contribution in [1.82, 2.24) is 20.4 Å². The lowest BCUT2D eigenvalue weighted by Gasteiger charge is -2.11. The Balaban J connectivity index is 1.32. The quantitative estimate of drug-likeness (QED) is 0.431. The van der Waals surface area contributed by atoms with Gasteiger partial charge in [0.15, 0.2) is 0 Å². The normalized spacial score (nSPS) is 11.0. The number of amides is 1. The molecule has 2 aromatic heterocycles. The van der Waals surface area contributed by atoms with Crippen molar-refractivity contribution in [3.05, 3.63) is 76.9 Å². The van der Waals surface area contributed by atoms with Gasteiger partial charge in [0.05, 0.1) is 27.9 Å². The van der Waals surface area contributed by atoms with E-state index in [2.05, 4.69) is 20.4 Å². The van der Waals surface area contributed by atoms with Crippen molar-refractivity contribution in [3.63, 3.8) is 0 Å². The molecule has 30 heavy (non-hydrogen) atoms. The second-order valence-electron chi connectivity index (χ2n) is 7.15. The number of nitrogens with one attached hydrogen (secondary N) is 2. The van der Waals surface area contributed by atoms with Gasteiger partial charge in [0.25, 0.3) is 5.91 Å². The highest BCUT2D eigenvalue weighted by Gasteiger charge is 2.14. The van der Waals surface area contributed by atoms with E-state index in [1.165, 1.54) is 0 Å². The van der Waals surface area contributed by atoms with Gasteiger partial charge in [0.1, 0.15) is 23.9 Å². The van der Waals surface area contributed by atoms with Crippen LogP contribution in [-0.2, 0) is 13.0 Å². The van der Waals surface area contributed by atoms with Crippen LogP contribution >= 0.6 is 0 Å². The molecule has 1 amide bonds. The van der Waals surface area contributed by atoms with Gasteiger partial charge < -0.3 is 19.6 Å². The average molecular weight is 404 g/mol. The lowest BCUT2D eigenvalue weighted by Crippen LogP contribution is -2.25. The number of hydrogen-bond donors (Lipinski definition) is 2. The molecular weight excluding hydrogens is 380 g/mol. The molecule has 7 nitrogen and oxygen atoms in total. The van der Waals surface area contributed by atoms with Crippen LogP contribution in [0.5, 0.6) is 5.75 Å². The molecule has 0 saturated heterocycles. The highest BCUT2D eigenvalue weighted by atomic mass is 16.5. The van der Waals surface area contributed by atoms with Crippen LogP contribution in [0.3, 0.4) is 0 Å². The van der Waals surface area contributed by atoms with Crippen molar-refractivity contribution >= 4 is 16.9 Å². The second-order valence-corrected chi connectivity index (χ2v) is 7.15. The molecular formula is C23H24N4O3. The lowest BCUT2D eigenvalue weighted by atomic mass is 10.1. The molecule has 2 heterocycles. The van der Waals surface area contributed by atoms with Crippen molar-refractivity contribution in [3.8, 4) is 5.75 Å². The first-order chi connectivity index (χ1) is 14.6. The number of para-hydroxylation sites is 3. The Hall–Kier alpha value is -3.61. The van der Waals surface area contributed by atoms with Crippen molar-refractivity contribution in [2.45, 2.75) is 33.3 Å². The van der Waals surface area contributed by atoms with E-state index < -0.39 is 0 Å². The maximum absolute atomic E-state index is 12.7. The first-order valence-electron chi connectivity index (χ1n) is 9.97. The van der Waals surface area contributed by atoms with Gasteiger partial charge in [-0.05, 0) is 44.5 Å². The highest BCUT2D eigenvalue weighted by Crippen LogP contribution is 2.21. The molecule has 7 heteroatoms. The average Bonchev–Trinajstić information content (AvgIpc) is 3.32. The van der Waals surface area contributed by atoms with Gasteiger partial charge in [-0.15, -0.1) is 0 Å². The number of ether oxygens (including phenoxy) is 1. The third-order valence-corrected chi connectivity index (χ3v) is 5.00. The van der Waals surface area contributed by atoms with E-state index in [4.69, 9.17) is 9.26 Å². The standard InChI is InChI=1S/C23H24N4O3/c1-15-18(16(2)30-27-15)14-29-21-11-6-3-8-17(21)23(28)24-13-7-12-22-25-19-9-4-5-10-20(19)26-22/h3-6,8-11H,7,12-14H2,1-2H3,(H,24,28)(H,25,26). The molecule has 0 aliphatic rings. The Morgan fingerprint density at radius 2 is 1.93 bits per heavy atom. The Kier molecular flexibility index (Phi) is 5.79. The summed E-state index contributed by atoms with van der Waals surface area (Å²) in [6, 6.07) is 15.2. The number of H-pyrrole nitrogens is 1. The molecule has 0 spiro atoms. The fraction of sp³-hybridized carbons (Fsp3) is 0.261. The van der Waals surface area contributed by atoms with Gasteiger partial charge in [-0.25, -0.2) is 4.98 Å². The van der Waals surface area contributed by atoms with Crippen LogP contribution in [0.1, 0.15) is 39.6 Å². The molecule has 154 valence electrons. The summed E-state index contributed by atoms with van der Waals surface area (Å²) in [6.45, 7) is 4.57. The van der Waals surface area contributed by atoms with Gasteiger partial charge in [-0.3, -0.25) is 4.79 Å². The molecule has 0 bridgehead atoms. The number of carbonyl (C=O) groups is 1. The minimum Gasteiger partial charge on any atom is -0.488 e. The summed E-state index contributed by atoms with van der Waals surface area (Å²) in [4.78, 5) is 20.5. The number of carbonyl (C=O) groups excluding carboxylic acids is 1. The molecule has 0 atom stereocenters. The van der Waals surface area contributed by atoms with Crippen molar-refractivity contribution in [2.24, 2.45) is 0 Å². The number of nitrogens with zero attached hydrogens (tertiary/aromatic N) is 2. The maximum atomic E-state index is 12.7. The summed E-state index contributed by atoms with van der Waals surface area (Å²) in [6.07, 6.45) is 1.55. The van der Waals surface area contributed by atoms with Gasteiger partial charge in [-0.1, -0.05) is 29.4 Å². The first kappa shape index (κ1) is 19.7. The van der Waals surface area contributed by atoms with E-state index in [0.29, 0.717) is 24.5 Å². The number of aryl methyl sites for hydroxylation is 3. The summed E-state index contributed by atoms with van der Waals surface area (Å²) in [5.41, 5.74) is 4.19. The summed E-state index contributed by atoms with van der Waals surface area (Å²) in [5.74, 6) is 2.02. The lowest BCUT2D eigenvalue weighted by molar-refractivity contribution is 0.0948. The molecule has 0 radical (unpaired) electrons. The van der Waals surface area contributed by atoms with Crippen LogP contribution < -0.4 is 10.1 Å². The Bertz CT molecular complexity index is 1110. The molecule has 0 saturated carbocycles. The van der Waals surface area contributed by atoms with Gasteiger partial charge in [0, 0.05) is 13.0 Å². The van der Waals surface area contributed by atoms with E-state index in [1.807, 2.05) is 50.2 Å². The molecule has 4 aromatic rings. The first-order valence-corrected chi connectivity index (χ1v) is 9.97. The van der Waals surface area contributed by atoms with Gasteiger partial charge >= 0.3 is 0 Å². The largest absolute Gasteiger partial charge is 0.488 e. The van der Waals surface area contributed by atoms with Crippen LogP contribution in [0.15, 0.2) is 53.1 Å². The van der Waals surface area contributed by atoms with Crippen LogP contribution in [0.2, 0.25) is 0 Å². The third-order valence-electron chi connectivity index (χ3n) is 5.00. The Morgan fingerprint density at radius 3 is 2.73 bits per heavy atom. The smallest absolute Gasteiger partial charge is 0.255 e. The van der Waals surface area contributed by atoms with E-state index in [0.717, 1.165) is 46.7 Å². The molecule has 0 aliphatic heterocycles. The minimum absolute atomic E-state index is 0.158. The van der Waals surface area contributed by atoms with Crippen LogP contribution in [0, 0.1) is 13.8 Å². The zero-order valence-electron chi connectivity index (χ0n) is 17.1. The second kappa shape index (κ2) is 8.82. The number of fused-ring (bicyclic) bond motifs is 1. The Morgan fingerprint density at radius 1 is 1.13 bits per heavy atom. The molecule has 0 unspecified atom stereocenters. The number of hydrogen-bond acceptors (Lipinski definition) is 5. The van der Waals surface area contributed by atoms with Crippen LogP contribution in [0.25, 0.3) is 11.0 Å². The predicted octanol–water partition coefficient (Wildman–Crippen LogP) is 4.11. The molecule has 0 fully saturated rings. The van der Waals surface area contributed by atoms with Gasteiger partial charge in [-0.2, -0.15) is 0 Å². The maximum Gasteiger partial charge on any atom is 0.255 e. The summed E-state index contributed by atoms with van der Waals surface area (Å²) >= 11 is 0. The van der Waals surface area contributed by atoms with E-state index in [9.17, 15) is 4.79 Å². The molecule has 2 N–H and O–H groups in total. The minimum atomic E-state index is -0.158. The van der Waals surface area contributed by atoms with E-state index in [1.54, 1.807) is 12.1 Å². The van der Waals surface area contributed by atoms with Crippen molar-refractivity contribution < 1.29 is 14.1 Å². The number of rotatable bonds is 8. The number of imidazole rings is 1. The SMILES string of the molecule is Cc1noc(C)c1COc1ccccc1C(=O)NCCCc1nc2ccccc2[nH]1. The summed E-state index contributed by atoms with van der Waals surface area (Å²) in [7, 11) is 0. The van der Waals surface area contributed by atoms with E-state index >= 15 is 0 Å². The highest BCUT2D eigenvalue weighted by molar-refractivity contribution is 5.96. The van der Waals surface area contributed by atoms with E-state index in [-0.39, 0.29) is 5.91 Å². The van der Waals surface area contributed by atoms with Gasteiger partial charge in [0.2, 0.25) is 0 Å².